The number of anilines is 2. The second-order valence-corrected chi connectivity index (χ2v) is 6.13. The van der Waals surface area contributed by atoms with Crippen LogP contribution in [0.15, 0.2) is 36.4 Å². The highest BCUT2D eigenvalue weighted by Gasteiger charge is 2.09. The van der Waals surface area contributed by atoms with Crippen LogP contribution in [0.25, 0.3) is 0 Å². The van der Waals surface area contributed by atoms with Gasteiger partial charge >= 0.3 is 0 Å². The maximum Gasteiger partial charge on any atom is 0.227 e. The van der Waals surface area contributed by atoms with Crippen molar-refractivity contribution in [1.29, 1.82) is 0 Å². The highest BCUT2D eigenvalue weighted by molar-refractivity contribution is 6.42. The first kappa shape index (κ1) is 19.9. The van der Waals surface area contributed by atoms with Crippen molar-refractivity contribution in [2.45, 2.75) is 13.3 Å². The van der Waals surface area contributed by atoms with E-state index in [4.69, 9.17) is 32.7 Å². The van der Waals surface area contributed by atoms with Gasteiger partial charge in [-0.15, -0.1) is 0 Å². The minimum atomic E-state index is -0.234. The number of hydrogen-bond donors (Lipinski definition) is 2. The fourth-order valence-electron chi connectivity index (χ4n) is 2.12. The largest absolute Gasteiger partial charge is 0.495 e. The van der Waals surface area contributed by atoms with Gasteiger partial charge < -0.3 is 20.1 Å². The Labute approximate surface area is 161 Å². The number of rotatable bonds is 7. The van der Waals surface area contributed by atoms with Gasteiger partial charge in [0.2, 0.25) is 11.8 Å². The topological polar surface area (TPSA) is 76.7 Å². The third-order valence-electron chi connectivity index (χ3n) is 3.28. The number of hydrogen-bond acceptors (Lipinski definition) is 4. The first-order chi connectivity index (χ1) is 12.4. The van der Waals surface area contributed by atoms with Crippen molar-refractivity contribution in [2.75, 3.05) is 24.4 Å². The molecule has 0 heterocycles. The van der Waals surface area contributed by atoms with Gasteiger partial charge in [0.1, 0.15) is 11.5 Å². The van der Waals surface area contributed by atoms with E-state index in [-0.39, 0.29) is 24.8 Å². The molecule has 0 radical (unpaired) electrons. The number of carbonyl (C=O) groups is 2. The summed E-state index contributed by atoms with van der Waals surface area (Å²) >= 11 is 11.7. The molecule has 0 unspecified atom stereocenters. The second-order valence-electron chi connectivity index (χ2n) is 5.32. The number of carbonyl (C=O) groups excluding carboxylic acids is 2. The lowest BCUT2D eigenvalue weighted by atomic mass is 10.2. The number of ether oxygens (including phenoxy) is 2. The summed E-state index contributed by atoms with van der Waals surface area (Å²) in [7, 11) is 1.50. The SMILES string of the molecule is COc1ccc(NC(=O)CCOc2ccc(Cl)c(Cl)c2)cc1NC(C)=O. The normalized spacial score (nSPS) is 10.2. The van der Waals surface area contributed by atoms with Gasteiger partial charge in [0.05, 0.1) is 35.9 Å². The van der Waals surface area contributed by atoms with Gasteiger partial charge in [-0.25, -0.2) is 0 Å². The molecule has 0 fully saturated rings. The van der Waals surface area contributed by atoms with Crippen LogP contribution in [0.3, 0.4) is 0 Å². The van der Waals surface area contributed by atoms with Crippen LogP contribution in [0.1, 0.15) is 13.3 Å². The third kappa shape index (κ3) is 5.82. The van der Waals surface area contributed by atoms with E-state index in [0.717, 1.165) is 0 Å². The van der Waals surface area contributed by atoms with Crippen LogP contribution in [-0.2, 0) is 9.59 Å². The van der Waals surface area contributed by atoms with E-state index in [1.165, 1.54) is 14.0 Å². The van der Waals surface area contributed by atoms with E-state index in [1.807, 2.05) is 0 Å². The fraction of sp³-hybridized carbons (Fsp3) is 0.222. The first-order valence-electron chi connectivity index (χ1n) is 7.72. The zero-order chi connectivity index (χ0) is 19.1. The number of halogens is 2. The fourth-order valence-corrected chi connectivity index (χ4v) is 2.41. The molecule has 2 N–H and O–H groups in total. The molecule has 138 valence electrons. The number of benzene rings is 2. The van der Waals surface area contributed by atoms with Crippen LogP contribution in [0.5, 0.6) is 11.5 Å². The van der Waals surface area contributed by atoms with Gasteiger partial charge in [-0.1, -0.05) is 23.2 Å². The third-order valence-corrected chi connectivity index (χ3v) is 4.02. The number of nitrogens with one attached hydrogen (secondary N) is 2. The lowest BCUT2D eigenvalue weighted by Gasteiger charge is -2.12. The molecule has 26 heavy (non-hydrogen) atoms. The molecule has 0 aliphatic rings. The van der Waals surface area contributed by atoms with Crippen molar-refractivity contribution in [1.82, 2.24) is 0 Å². The van der Waals surface area contributed by atoms with Gasteiger partial charge in [-0.05, 0) is 30.3 Å². The Kier molecular flexibility index (Phi) is 7.12. The molecule has 0 saturated heterocycles. The van der Waals surface area contributed by atoms with Crippen molar-refractivity contribution < 1.29 is 19.1 Å². The van der Waals surface area contributed by atoms with Crippen molar-refractivity contribution in [3.8, 4) is 11.5 Å². The molecule has 0 aliphatic heterocycles. The van der Waals surface area contributed by atoms with Crippen molar-refractivity contribution in [2.24, 2.45) is 0 Å². The summed E-state index contributed by atoms with van der Waals surface area (Å²) in [4.78, 5) is 23.3. The Hall–Kier alpha value is -2.44. The minimum absolute atomic E-state index is 0.141. The molecule has 8 heteroatoms. The number of amides is 2. The van der Waals surface area contributed by atoms with E-state index in [1.54, 1.807) is 36.4 Å². The van der Waals surface area contributed by atoms with Crippen LogP contribution in [0.2, 0.25) is 10.0 Å². The van der Waals surface area contributed by atoms with Gasteiger partial charge in [-0.3, -0.25) is 9.59 Å². The molecule has 0 aromatic heterocycles. The highest BCUT2D eigenvalue weighted by atomic mass is 35.5. The molecule has 0 saturated carbocycles. The smallest absolute Gasteiger partial charge is 0.227 e. The zero-order valence-corrected chi connectivity index (χ0v) is 15.8. The van der Waals surface area contributed by atoms with Gasteiger partial charge in [0, 0.05) is 18.7 Å². The van der Waals surface area contributed by atoms with Crippen LogP contribution in [0.4, 0.5) is 11.4 Å². The molecule has 2 aromatic carbocycles. The van der Waals surface area contributed by atoms with Crippen molar-refractivity contribution >= 4 is 46.4 Å². The predicted octanol–water partition coefficient (Wildman–Crippen LogP) is 4.37. The van der Waals surface area contributed by atoms with Gasteiger partial charge in [0.25, 0.3) is 0 Å². The molecular formula is C18H18Cl2N2O4. The Bertz CT molecular complexity index is 812. The highest BCUT2D eigenvalue weighted by Crippen LogP contribution is 2.28. The predicted molar refractivity (Wildman–Crippen MR) is 103 cm³/mol. The molecule has 2 aromatic rings. The van der Waals surface area contributed by atoms with Gasteiger partial charge in [0.15, 0.2) is 0 Å². The summed E-state index contributed by atoms with van der Waals surface area (Å²) in [6, 6.07) is 9.85. The van der Waals surface area contributed by atoms with Crippen molar-refractivity contribution in [3.05, 3.63) is 46.4 Å². The minimum Gasteiger partial charge on any atom is -0.495 e. The molecular weight excluding hydrogens is 379 g/mol. The summed E-state index contributed by atoms with van der Waals surface area (Å²) < 4.78 is 10.7. The standard InChI is InChI=1S/C18H18Cl2N2O4/c1-11(23)21-16-9-12(3-6-17(16)25-2)22-18(24)7-8-26-13-4-5-14(19)15(20)10-13/h3-6,9-10H,7-8H2,1-2H3,(H,21,23)(H,22,24). The van der Waals surface area contributed by atoms with E-state index in [0.29, 0.717) is 32.9 Å². The Balaban J connectivity index is 1.90. The quantitative estimate of drug-likeness (QED) is 0.728. The van der Waals surface area contributed by atoms with E-state index in [2.05, 4.69) is 10.6 Å². The lowest BCUT2D eigenvalue weighted by molar-refractivity contribution is -0.116. The molecule has 0 spiro atoms. The average molecular weight is 397 g/mol. The summed E-state index contributed by atoms with van der Waals surface area (Å²) in [6.07, 6.45) is 0.141. The molecule has 0 aliphatic carbocycles. The zero-order valence-electron chi connectivity index (χ0n) is 14.3. The van der Waals surface area contributed by atoms with Crippen molar-refractivity contribution in [3.63, 3.8) is 0 Å². The maximum atomic E-state index is 12.1. The second kappa shape index (κ2) is 9.31. The lowest BCUT2D eigenvalue weighted by Crippen LogP contribution is -2.15. The molecule has 0 atom stereocenters. The maximum absolute atomic E-state index is 12.1. The van der Waals surface area contributed by atoms with E-state index >= 15 is 0 Å². The van der Waals surface area contributed by atoms with Crippen LogP contribution in [0, 0.1) is 0 Å². The number of methoxy groups -OCH3 is 1. The summed E-state index contributed by atoms with van der Waals surface area (Å²) in [5, 5.41) is 6.21. The monoisotopic (exact) mass is 396 g/mol. The molecule has 0 bridgehead atoms. The molecule has 6 nitrogen and oxygen atoms in total. The van der Waals surface area contributed by atoms with Gasteiger partial charge in [-0.2, -0.15) is 0 Å². The van der Waals surface area contributed by atoms with Crippen LogP contribution in [-0.4, -0.2) is 25.5 Å². The summed E-state index contributed by atoms with van der Waals surface area (Å²) in [5.41, 5.74) is 1.01. The summed E-state index contributed by atoms with van der Waals surface area (Å²) in [6.45, 7) is 1.57. The Morgan fingerprint density at radius 1 is 1.04 bits per heavy atom. The van der Waals surface area contributed by atoms with Crippen LogP contribution >= 0.6 is 23.2 Å². The Morgan fingerprint density at radius 2 is 1.81 bits per heavy atom. The Morgan fingerprint density at radius 3 is 2.46 bits per heavy atom. The summed E-state index contributed by atoms with van der Waals surface area (Å²) in [5.74, 6) is 0.566. The van der Waals surface area contributed by atoms with Crippen LogP contribution < -0.4 is 20.1 Å². The average Bonchev–Trinajstić information content (AvgIpc) is 2.58. The van der Waals surface area contributed by atoms with E-state index < -0.39 is 0 Å². The molecule has 2 rings (SSSR count). The van der Waals surface area contributed by atoms with E-state index in [9.17, 15) is 9.59 Å². The molecule has 2 amide bonds. The first-order valence-corrected chi connectivity index (χ1v) is 8.48.